The Morgan fingerprint density at radius 1 is 1.40 bits per heavy atom. The fraction of sp³-hybridized carbons (Fsp3) is 0.714. The average molecular weight is 297 g/mol. The quantitative estimate of drug-likeness (QED) is 0.925. The van der Waals surface area contributed by atoms with Crippen LogP contribution < -0.4 is 4.90 Å². The highest BCUT2D eigenvalue weighted by molar-refractivity contribution is 7.17. The minimum absolute atomic E-state index is 0.195. The number of rotatable bonds is 4. The number of likely N-dealkylation sites (N-methyl/N-ethyl adjacent to an activating group) is 1. The van der Waals surface area contributed by atoms with Crippen molar-refractivity contribution in [3.05, 3.63) is 10.6 Å². The van der Waals surface area contributed by atoms with Gasteiger partial charge in [0.2, 0.25) is 0 Å². The van der Waals surface area contributed by atoms with Gasteiger partial charge in [0.15, 0.2) is 5.13 Å². The number of carbonyl (C=O) groups is 1. The molecule has 1 aliphatic rings. The maximum Gasteiger partial charge on any atom is 0.347 e. The fourth-order valence-electron chi connectivity index (χ4n) is 2.37. The van der Waals surface area contributed by atoms with E-state index in [-0.39, 0.29) is 5.92 Å². The summed E-state index contributed by atoms with van der Waals surface area (Å²) in [7, 11) is 2.12. The maximum atomic E-state index is 11.4. The third-order valence-corrected chi connectivity index (χ3v) is 5.03. The number of hydrogen-bond donors (Lipinski definition) is 1. The van der Waals surface area contributed by atoms with Gasteiger partial charge in [0.25, 0.3) is 0 Å². The smallest absolute Gasteiger partial charge is 0.347 e. The lowest BCUT2D eigenvalue weighted by Gasteiger charge is -2.19. The van der Waals surface area contributed by atoms with E-state index in [1.54, 1.807) is 0 Å². The molecule has 20 heavy (non-hydrogen) atoms. The van der Waals surface area contributed by atoms with Gasteiger partial charge in [0.1, 0.15) is 4.88 Å². The van der Waals surface area contributed by atoms with Gasteiger partial charge >= 0.3 is 5.97 Å². The first-order valence-corrected chi connectivity index (χ1v) is 8.02. The van der Waals surface area contributed by atoms with E-state index in [2.05, 4.69) is 28.8 Å². The number of carboxylic acids is 1. The molecule has 1 unspecified atom stereocenters. The monoisotopic (exact) mass is 297 g/mol. The molecule has 0 saturated carbocycles. The van der Waals surface area contributed by atoms with Crippen molar-refractivity contribution in [1.82, 2.24) is 9.88 Å². The highest BCUT2D eigenvalue weighted by Gasteiger charge is 2.24. The van der Waals surface area contributed by atoms with E-state index in [4.69, 9.17) is 0 Å². The van der Waals surface area contributed by atoms with E-state index in [1.807, 2.05) is 6.92 Å². The summed E-state index contributed by atoms with van der Waals surface area (Å²) in [5, 5.41) is 10.2. The Morgan fingerprint density at radius 2 is 2.15 bits per heavy atom. The van der Waals surface area contributed by atoms with Crippen LogP contribution in [-0.4, -0.2) is 54.2 Å². The van der Waals surface area contributed by atoms with E-state index in [0.717, 1.165) is 49.8 Å². The molecule has 1 N–H and O–H groups in total. The van der Waals surface area contributed by atoms with Gasteiger partial charge in [0.05, 0.1) is 5.69 Å². The summed E-state index contributed by atoms with van der Waals surface area (Å²) < 4.78 is 0. The van der Waals surface area contributed by atoms with Crippen LogP contribution in [0.15, 0.2) is 0 Å². The molecule has 2 rings (SSSR count). The van der Waals surface area contributed by atoms with Gasteiger partial charge in [-0.1, -0.05) is 25.2 Å². The van der Waals surface area contributed by atoms with E-state index in [1.165, 1.54) is 11.3 Å². The zero-order chi connectivity index (χ0) is 14.7. The van der Waals surface area contributed by atoms with Gasteiger partial charge in [-0.2, -0.15) is 0 Å². The normalized spacial score (nSPS) is 18.9. The Balaban J connectivity index is 2.25. The highest BCUT2D eigenvalue weighted by Crippen LogP contribution is 2.32. The van der Waals surface area contributed by atoms with E-state index in [0.29, 0.717) is 4.88 Å². The van der Waals surface area contributed by atoms with Crippen molar-refractivity contribution in [3.63, 3.8) is 0 Å². The van der Waals surface area contributed by atoms with Crippen molar-refractivity contribution in [2.75, 3.05) is 38.1 Å². The first-order chi connectivity index (χ1) is 9.52. The van der Waals surface area contributed by atoms with Gasteiger partial charge in [-0.3, -0.25) is 0 Å². The molecule has 0 spiro atoms. The van der Waals surface area contributed by atoms with Gasteiger partial charge < -0.3 is 14.9 Å². The molecule has 0 aromatic carbocycles. The van der Waals surface area contributed by atoms with Crippen LogP contribution in [0.2, 0.25) is 0 Å². The number of anilines is 1. The summed E-state index contributed by atoms with van der Waals surface area (Å²) in [4.78, 5) is 21.0. The van der Waals surface area contributed by atoms with Crippen molar-refractivity contribution in [2.45, 2.75) is 32.6 Å². The second kappa shape index (κ2) is 6.54. The Kier molecular flexibility index (Phi) is 4.99. The fourth-order valence-corrected chi connectivity index (χ4v) is 3.45. The van der Waals surface area contributed by atoms with Gasteiger partial charge in [0, 0.05) is 19.6 Å². The van der Waals surface area contributed by atoms with Crippen LogP contribution in [0.5, 0.6) is 0 Å². The van der Waals surface area contributed by atoms with Gasteiger partial charge in [-0.15, -0.1) is 0 Å². The third kappa shape index (κ3) is 3.30. The molecular weight excluding hydrogens is 274 g/mol. The Morgan fingerprint density at radius 3 is 2.80 bits per heavy atom. The number of carboxylic acid groups (broad SMARTS) is 1. The molecule has 1 fully saturated rings. The molecule has 1 aromatic heterocycles. The van der Waals surface area contributed by atoms with Crippen LogP contribution >= 0.6 is 11.3 Å². The Labute approximate surface area is 124 Å². The Hall–Kier alpha value is -1.14. The number of aromatic carboxylic acids is 1. The molecule has 0 radical (unpaired) electrons. The van der Waals surface area contributed by atoms with Crippen LogP contribution in [0, 0.1) is 0 Å². The van der Waals surface area contributed by atoms with E-state index >= 15 is 0 Å². The zero-order valence-corrected chi connectivity index (χ0v) is 13.2. The first kappa shape index (κ1) is 15.3. The summed E-state index contributed by atoms with van der Waals surface area (Å²) in [5.41, 5.74) is 0.748. The van der Waals surface area contributed by atoms with E-state index in [9.17, 15) is 9.90 Å². The average Bonchev–Trinajstić information content (AvgIpc) is 2.76. The van der Waals surface area contributed by atoms with Crippen LogP contribution in [0.1, 0.15) is 48.0 Å². The van der Waals surface area contributed by atoms with Crippen molar-refractivity contribution < 1.29 is 9.90 Å². The third-order valence-electron chi connectivity index (χ3n) is 3.91. The van der Waals surface area contributed by atoms with Crippen LogP contribution in [-0.2, 0) is 0 Å². The van der Waals surface area contributed by atoms with E-state index < -0.39 is 5.97 Å². The standard InChI is InChI=1S/C14H23N3O2S/c1-4-10(2)11-12(13(18)19)20-14(15-11)17-7-5-6-16(3)8-9-17/h10H,4-9H2,1-3H3,(H,18,19). The second-order valence-electron chi connectivity index (χ2n) is 5.47. The summed E-state index contributed by atoms with van der Waals surface area (Å²) in [6.45, 7) is 8.07. The van der Waals surface area contributed by atoms with Gasteiger partial charge in [-0.25, -0.2) is 9.78 Å². The molecule has 1 saturated heterocycles. The van der Waals surface area contributed by atoms with Crippen LogP contribution in [0.25, 0.3) is 0 Å². The number of nitrogens with zero attached hydrogens (tertiary/aromatic N) is 3. The SMILES string of the molecule is CCC(C)c1nc(N2CCCN(C)CC2)sc1C(=O)O. The molecular formula is C14H23N3O2S. The van der Waals surface area contributed by atoms with Crippen LogP contribution in [0.4, 0.5) is 5.13 Å². The summed E-state index contributed by atoms with van der Waals surface area (Å²) in [6.07, 6.45) is 2.00. The molecule has 6 heteroatoms. The summed E-state index contributed by atoms with van der Waals surface area (Å²) >= 11 is 1.33. The second-order valence-corrected chi connectivity index (χ2v) is 6.45. The number of thiazole rings is 1. The largest absolute Gasteiger partial charge is 0.477 e. The molecule has 0 aliphatic carbocycles. The predicted octanol–water partition coefficient (Wildman–Crippen LogP) is 2.50. The lowest BCUT2D eigenvalue weighted by atomic mass is 10.0. The molecule has 1 aliphatic heterocycles. The zero-order valence-electron chi connectivity index (χ0n) is 12.4. The van der Waals surface area contributed by atoms with Crippen LogP contribution in [0.3, 0.4) is 0 Å². The van der Waals surface area contributed by atoms with Crippen molar-refractivity contribution in [1.29, 1.82) is 0 Å². The molecule has 112 valence electrons. The van der Waals surface area contributed by atoms with Crippen molar-refractivity contribution in [2.24, 2.45) is 0 Å². The molecule has 0 bridgehead atoms. The molecule has 1 aromatic rings. The van der Waals surface area contributed by atoms with Crippen molar-refractivity contribution in [3.8, 4) is 0 Å². The molecule has 2 heterocycles. The summed E-state index contributed by atoms with van der Waals surface area (Å²) in [5.74, 6) is -0.656. The van der Waals surface area contributed by atoms with Gasteiger partial charge in [-0.05, 0) is 32.4 Å². The number of hydrogen-bond acceptors (Lipinski definition) is 5. The highest BCUT2D eigenvalue weighted by atomic mass is 32.1. The predicted molar refractivity (Wildman–Crippen MR) is 82.1 cm³/mol. The first-order valence-electron chi connectivity index (χ1n) is 7.20. The lowest BCUT2D eigenvalue weighted by Crippen LogP contribution is -2.28. The minimum Gasteiger partial charge on any atom is -0.477 e. The molecule has 0 amide bonds. The number of aromatic nitrogens is 1. The minimum atomic E-state index is -0.851. The summed E-state index contributed by atoms with van der Waals surface area (Å²) in [6, 6.07) is 0. The van der Waals surface area contributed by atoms with Crippen molar-refractivity contribution >= 4 is 22.4 Å². The molecule has 1 atom stereocenters. The topological polar surface area (TPSA) is 56.7 Å². The Bertz CT molecular complexity index is 475. The lowest BCUT2D eigenvalue weighted by molar-refractivity contribution is 0.0700. The molecule has 5 nitrogen and oxygen atoms in total. The maximum absolute atomic E-state index is 11.4.